The van der Waals surface area contributed by atoms with Crippen LogP contribution in [0.3, 0.4) is 0 Å². The van der Waals surface area contributed by atoms with E-state index in [0.717, 1.165) is 0 Å². The second-order valence-electron chi connectivity index (χ2n) is 9.42. The van der Waals surface area contributed by atoms with Crippen LogP contribution in [0.15, 0.2) is 42.5 Å². The fraction of sp³-hybridized carbons (Fsp3) is 0.423. The van der Waals surface area contributed by atoms with E-state index in [0.29, 0.717) is 41.9 Å². The number of carbonyl (C=O) groups excluding carboxylic acids is 3. The molecule has 0 saturated heterocycles. The number of nitrogens with zero attached hydrogens (tertiary/aromatic N) is 1. The van der Waals surface area contributed by atoms with Gasteiger partial charge in [0.2, 0.25) is 0 Å². The van der Waals surface area contributed by atoms with E-state index in [1.54, 1.807) is 52.0 Å². The second-order valence-corrected chi connectivity index (χ2v) is 9.42. The molecule has 2 aromatic rings. The van der Waals surface area contributed by atoms with Crippen molar-refractivity contribution in [2.75, 3.05) is 6.61 Å². The van der Waals surface area contributed by atoms with Crippen molar-refractivity contribution in [1.29, 1.82) is 0 Å². The fourth-order valence-electron chi connectivity index (χ4n) is 3.85. The third-order valence-electron chi connectivity index (χ3n) is 5.46. The van der Waals surface area contributed by atoms with Gasteiger partial charge in [0.1, 0.15) is 17.2 Å². The minimum atomic E-state index is -0.652. The molecule has 0 radical (unpaired) electrons. The third kappa shape index (κ3) is 5.92. The molecule has 8 heteroatoms. The van der Waals surface area contributed by atoms with Crippen LogP contribution in [-0.4, -0.2) is 41.1 Å². The molecular formula is C26H31FN2O5. The van der Waals surface area contributed by atoms with Crippen LogP contribution in [0.2, 0.25) is 0 Å². The van der Waals surface area contributed by atoms with E-state index in [2.05, 4.69) is 5.32 Å². The highest BCUT2D eigenvalue weighted by Crippen LogP contribution is 2.28. The number of alkyl carbamates (subject to hydrolysis) is 1. The highest BCUT2D eigenvalue weighted by Gasteiger charge is 2.37. The van der Waals surface area contributed by atoms with Gasteiger partial charge in [-0.2, -0.15) is 0 Å². The summed E-state index contributed by atoms with van der Waals surface area (Å²) in [6.07, 6.45) is 0.512. The number of hydrogen-bond donors (Lipinski definition) is 1. The SMILES string of the molecule is CC(CCCOc1ccc(F)cc1[C@@H](C)NC(=O)OC(C)(C)C)N1C(=O)c2ccccc2C1=O. The Morgan fingerprint density at radius 2 is 1.68 bits per heavy atom. The van der Waals surface area contributed by atoms with E-state index in [1.165, 1.54) is 23.1 Å². The van der Waals surface area contributed by atoms with Crippen LogP contribution in [0.25, 0.3) is 0 Å². The summed E-state index contributed by atoms with van der Waals surface area (Å²) >= 11 is 0. The molecule has 3 amide bonds. The van der Waals surface area contributed by atoms with Gasteiger partial charge in [-0.25, -0.2) is 9.18 Å². The van der Waals surface area contributed by atoms with Gasteiger partial charge in [0, 0.05) is 11.6 Å². The number of benzene rings is 2. The van der Waals surface area contributed by atoms with Gasteiger partial charge in [0.05, 0.1) is 23.8 Å². The summed E-state index contributed by atoms with van der Waals surface area (Å²) in [7, 11) is 0. The van der Waals surface area contributed by atoms with E-state index in [4.69, 9.17) is 9.47 Å². The molecule has 1 N–H and O–H groups in total. The molecule has 1 heterocycles. The lowest BCUT2D eigenvalue weighted by Crippen LogP contribution is -2.38. The smallest absolute Gasteiger partial charge is 0.408 e. The third-order valence-corrected chi connectivity index (χ3v) is 5.46. The van der Waals surface area contributed by atoms with Crippen molar-refractivity contribution in [1.82, 2.24) is 10.2 Å². The molecule has 0 fully saturated rings. The van der Waals surface area contributed by atoms with Crippen molar-refractivity contribution in [3.05, 3.63) is 65.0 Å². The van der Waals surface area contributed by atoms with Crippen molar-refractivity contribution in [3.63, 3.8) is 0 Å². The van der Waals surface area contributed by atoms with Crippen LogP contribution in [-0.2, 0) is 4.74 Å². The molecular weight excluding hydrogens is 439 g/mol. The number of halogens is 1. The molecule has 1 unspecified atom stereocenters. The predicted octanol–water partition coefficient (Wildman–Crippen LogP) is 5.26. The first kappa shape index (κ1) is 25.2. The van der Waals surface area contributed by atoms with Gasteiger partial charge in [-0.15, -0.1) is 0 Å². The van der Waals surface area contributed by atoms with Crippen molar-refractivity contribution in [3.8, 4) is 5.75 Å². The molecule has 2 aromatic carbocycles. The van der Waals surface area contributed by atoms with Crippen LogP contribution >= 0.6 is 0 Å². The summed E-state index contributed by atoms with van der Waals surface area (Å²) in [5.74, 6) is -0.563. The molecule has 0 aromatic heterocycles. The van der Waals surface area contributed by atoms with Crippen molar-refractivity contribution in [2.24, 2.45) is 0 Å². The van der Waals surface area contributed by atoms with Gasteiger partial charge in [0.25, 0.3) is 11.8 Å². The summed E-state index contributed by atoms with van der Waals surface area (Å²) < 4.78 is 25.0. The minimum absolute atomic E-state index is 0.281. The molecule has 0 saturated carbocycles. The zero-order valence-electron chi connectivity index (χ0n) is 20.2. The lowest BCUT2D eigenvalue weighted by Gasteiger charge is -2.24. The fourth-order valence-corrected chi connectivity index (χ4v) is 3.85. The monoisotopic (exact) mass is 470 g/mol. The topological polar surface area (TPSA) is 84.9 Å². The molecule has 182 valence electrons. The quantitative estimate of drug-likeness (QED) is 0.420. The van der Waals surface area contributed by atoms with Gasteiger partial charge in [-0.1, -0.05) is 12.1 Å². The Kier molecular flexibility index (Phi) is 7.59. The number of ether oxygens (including phenoxy) is 2. The highest BCUT2D eigenvalue weighted by molar-refractivity contribution is 6.21. The maximum atomic E-state index is 13.9. The van der Waals surface area contributed by atoms with Crippen molar-refractivity contribution < 1.29 is 28.2 Å². The standard InChI is InChI=1S/C26H31FN2O5/c1-16(29-23(30)19-10-6-7-11-20(19)24(29)31)9-8-14-33-22-13-12-18(27)15-21(22)17(2)28-25(32)34-26(3,4)5/h6-7,10-13,15-17H,8-9,14H2,1-5H3,(H,28,32)/t16?,17-/m1/s1. The number of nitrogens with one attached hydrogen (secondary N) is 1. The minimum Gasteiger partial charge on any atom is -0.493 e. The lowest BCUT2D eigenvalue weighted by atomic mass is 10.1. The van der Waals surface area contributed by atoms with Crippen LogP contribution in [0.1, 0.15) is 79.8 Å². The molecule has 34 heavy (non-hydrogen) atoms. The Bertz CT molecular complexity index is 1040. The van der Waals surface area contributed by atoms with Crippen molar-refractivity contribution >= 4 is 17.9 Å². The maximum Gasteiger partial charge on any atom is 0.408 e. The summed E-state index contributed by atoms with van der Waals surface area (Å²) in [5, 5.41) is 2.70. The van der Waals surface area contributed by atoms with E-state index in [1.807, 2.05) is 6.92 Å². The van der Waals surface area contributed by atoms with Gasteiger partial charge < -0.3 is 14.8 Å². The lowest BCUT2D eigenvalue weighted by molar-refractivity contribution is 0.0504. The van der Waals surface area contributed by atoms with Gasteiger partial charge in [-0.05, 0) is 77.8 Å². The average molecular weight is 471 g/mol. The first-order valence-electron chi connectivity index (χ1n) is 11.4. The zero-order chi connectivity index (χ0) is 25.0. The van der Waals surface area contributed by atoms with E-state index in [-0.39, 0.29) is 17.9 Å². The molecule has 1 aliphatic rings. The predicted molar refractivity (Wildman–Crippen MR) is 125 cm³/mol. The normalized spacial score (nSPS) is 15.1. The molecule has 3 rings (SSSR count). The van der Waals surface area contributed by atoms with Gasteiger partial charge in [-0.3, -0.25) is 14.5 Å². The number of carbonyl (C=O) groups is 3. The van der Waals surface area contributed by atoms with Crippen LogP contribution in [0.5, 0.6) is 5.75 Å². The Morgan fingerprint density at radius 1 is 1.06 bits per heavy atom. The van der Waals surface area contributed by atoms with Crippen LogP contribution in [0, 0.1) is 5.82 Å². The zero-order valence-corrected chi connectivity index (χ0v) is 20.2. The van der Waals surface area contributed by atoms with E-state index in [9.17, 15) is 18.8 Å². The van der Waals surface area contributed by atoms with E-state index < -0.39 is 23.6 Å². The number of imide groups is 1. The molecule has 0 spiro atoms. The van der Waals surface area contributed by atoms with Crippen molar-refractivity contribution in [2.45, 2.75) is 65.1 Å². The Labute approximate surface area is 199 Å². The molecule has 0 aliphatic carbocycles. The highest BCUT2D eigenvalue weighted by atomic mass is 19.1. The Balaban J connectivity index is 1.57. The van der Waals surface area contributed by atoms with Crippen LogP contribution < -0.4 is 10.1 Å². The molecule has 7 nitrogen and oxygen atoms in total. The number of rotatable bonds is 8. The molecule has 2 atom stereocenters. The first-order valence-corrected chi connectivity index (χ1v) is 11.4. The average Bonchev–Trinajstić information content (AvgIpc) is 3.01. The number of hydrogen-bond acceptors (Lipinski definition) is 5. The van der Waals surface area contributed by atoms with Gasteiger partial charge >= 0.3 is 6.09 Å². The largest absolute Gasteiger partial charge is 0.493 e. The van der Waals surface area contributed by atoms with Gasteiger partial charge in [0.15, 0.2) is 0 Å². The van der Waals surface area contributed by atoms with Crippen LogP contribution in [0.4, 0.5) is 9.18 Å². The Hall–Kier alpha value is -3.42. The number of fused-ring (bicyclic) bond motifs is 1. The van der Waals surface area contributed by atoms with E-state index >= 15 is 0 Å². The Morgan fingerprint density at radius 3 is 2.26 bits per heavy atom. The summed E-state index contributed by atoms with van der Waals surface area (Å²) in [6, 6.07) is 10.1. The maximum absolute atomic E-state index is 13.9. The second kappa shape index (κ2) is 10.2. The number of amides is 3. The summed E-state index contributed by atoms with van der Waals surface area (Å²) in [4.78, 5) is 38.6. The summed E-state index contributed by atoms with van der Waals surface area (Å²) in [5.41, 5.74) is 0.691. The molecule has 1 aliphatic heterocycles. The molecule has 0 bridgehead atoms. The first-order chi connectivity index (χ1) is 16.0. The summed E-state index contributed by atoms with van der Waals surface area (Å²) in [6.45, 7) is 9.13.